The van der Waals surface area contributed by atoms with E-state index in [-0.39, 0.29) is 5.91 Å². The van der Waals surface area contributed by atoms with Gasteiger partial charge in [0.2, 0.25) is 0 Å². The Bertz CT molecular complexity index is 667. The van der Waals surface area contributed by atoms with Crippen molar-refractivity contribution >= 4 is 16.8 Å². The molecule has 106 valence electrons. The van der Waals surface area contributed by atoms with Crippen molar-refractivity contribution in [1.29, 1.82) is 0 Å². The van der Waals surface area contributed by atoms with Crippen LogP contribution in [0.15, 0.2) is 30.4 Å². The van der Waals surface area contributed by atoms with E-state index >= 15 is 0 Å². The van der Waals surface area contributed by atoms with E-state index in [9.17, 15) is 4.79 Å². The first-order valence-corrected chi connectivity index (χ1v) is 6.96. The number of benzene rings is 1. The third kappa shape index (κ3) is 2.77. The van der Waals surface area contributed by atoms with Gasteiger partial charge in [0.1, 0.15) is 5.69 Å². The minimum Gasteiger partial charge on any atom is -0.351 e. The molecule has 0 saturated carbocycles. The van der Waals surface area contributed by atoms with Crippen molar-refractivity contribution < 1.29 is 4.79 Å². The number of carbonyl (C=O) groups is 1. The summed E-state index contributed by atoms with van der Waals surface area (Å²) in [6, 6.07) is 6.16. The highest BCUT2D eigenvalue weighted by Gasteiger charge is 2.17. The molecule has 2 rings (SSSR count). The fraction of sp³-hybridized carbons (Fsp3) is 0.353. The van der Waals surface area contributed by atoms with Crippen molar-refractivity contribution in [1.82, 2.24) is 9.88 Å². The Labute approximate surface area is 120 Å². The largest absolute Gasteiger partial charge is 0.351 e. The van der Waals surface area contributed by atoms with Crippen molar-refractivity contribution in [2.45, 2.75) is 27.7 Å². The molecule has 0 bridgehead atoms. The summed E-state index contributed by atoms with van der Waals surface area (Å²) in [5.41, 5.74) is 5.06. The molecule has 0 unspecified atom stereocenters. The molecule has 0 saturated heterocycles. The summed E-state index contributed by atoms with van der Waals surface area (Å²) in [6.07, 6.45) is 0. The molecule has 3 nitrogen and oxygen atoms in total. The molecule has 0 aliphatic rings. The van der Waals surface area contributed by atoms with Gasteiger partial charge in [0.15, 0.2) is 0 Å². The van der Waals surface area contributed by atoms with E-state index < -0.39 is 0 Å². The van der Waals surface area contributed by atoms with Crippen LogP contribution in [0.1, 0.15) is 35.5 Å². The molecule has 0 atom stereocenters. The number of carbonyl (C=O) groups excluding carboxylic acids is 1. The summed E-state index contributed by atoms with van der Waals surface area (Å²) in [6.45, 7) is 13.2. The smallest absolute Gasteiger partial charge is 0.270 e. The van der Waals surface area contributed by atoms with E-state index in [1.807, 2.05) is 19.9 Å². The summed E-state index contributed by atoms with van der Waals surface area (Å²) in [5.74, 6) is 0.0313. The van der Waals surface area contributed by atoms with Gasteiger partial charge in [0, 0.05) is 24.0 Å². The highest BCUT2D eigenvalue weighted by molar-refractivity contribution is 5.99. The topological polar surface area (TPSA) is 36.1 Å². The Hall–Kier alpha value is -2.03. The van der Waals surface area contributed by atoms with Crippen molar-refractivity contribution in [3.8, 4) is 0 Å². The maximum Gasteiger partial charge on any atom is 0.270 e. The van der Waals surface area contributed by atoms with Gasteiger partial charge in [-0.3, -0.25) is 4.79 Å². The number of fused-ring (bicyclic) bond motifs is 1. The summed E-state index contributed by atoms with van der Waals surface area (Å²) in [4.78, 5) is 17.6. The average Bonchev–Trinajstić information content (AvgIpc) is 2.78. The molecule has 0 radical (unpaired) electrons. The number of nitrogens with one attached hydrogen (secondary N) is 1. The monoisotopic (exact) mass is 270 g/mol. The molecule has 1 aromatic carbocycles. The molecule has 20 heavy (non-hydrogen) atoms. The molecule has 0 fully saturated rings. The molecular weight excluding hydrogens is 248 g/mol. The van der Waals surface area contributed by atoms with Gasteiger partial charge < -0.3 is 9.88 Å². The maximum absolute atomic E-state index is 12.5. The predicted molar refractivity (Wildman–Crippen MR) is 84.2 cm³/mol. The number of nitrogens with zero attached hydrogens (tertiary/aromatic N) is 1. The van der Waals surface area contributed by atoms with Gasteiger partial charge in [0.05, 0.1) is 0 Å². The number of likely N-dealkylation sites (N-methyl/N-ethyl adjacent to an activating group) is 1. The lowest BCUT2D eigenvalue weighted by Crippen LogP contribution is -2.32. The predicted octanol–water partition coefficient (Wildman–Crippen LogP) is 3.82. The van der Waals surface area contributed by atoms with Crippen LogP contribution < -0.4 is 0 Å². The van der Waals surface area contributed by atoms with Crippen LogP contribution in [0.5, 0.6) is 0 Å². The number of aromatic amines is 1. The number of amides is 1. The fourth-order valence-electron chi connectivity index (χ4n) is 2.54. The zero-order valence-electron chi connectivity index (χ0n) is 12.7. The molecule has 3 heteroatoms. The van der Waals surface area contributed by atoms with E-state index in [4.69, 9.17) is 0 Å². The normalized spacial score (nSPS) is 10.8. The molecule has 0 spiro atoms. The molecule has 2 aromatic rings. The Morgan fingerprint density at radius 2 is 2.00 bits per heavy atom. The van der Waals surface area contributed by atoms with Crippen LogP contribution in [-0.4, -0.2) is 28.9 Å². The summed E-state index contributed by atoms with van der Waals surface area (Å²) < 4.78 is 0. The summed E-state index contributed by atoms with van der Waals surface area (Å²) in [5, 5.41) is 1.12. The SMILES string of the molecule is C=C(C)CN(CC)C(=O)c1cc2c(C)cc(C)cc2[nH]1. The van der Waals surface area contributed by atoms with Crippen LogP contribution >= 0.6 is 0 Å². The third-order valence-electron chi connectivity index (χ3n) is 3.45. The van der Waals surface area contributed by atoms with Crippen LogP contribution in [0.3, 0.4) is 0 Å². The van der Waals surface area contributed by atoms with Gasteiger partial charge in [-0.15, -0.1) is 0 Å². The molecule has 0 aliphatic heterocycles. The Balaban J connectivity index is 2.39. The van der Waals surface area contributed by atoms with E-state index in [2.05, 4.69) is 37.5 Å². The Kier molecular flexibility index (Phi) is 3.98. The van der Waals surface area contributed by atoms with Crippen molar-refractivity contribution in [2.24, 2.45) is 0 Å². The second kappa shape index (κ2) is 5.53. The summed E-state index contributed by atoms with van der Waals surface area (Å²) >= 11 is 0. The average molecular weight is 270 g/mol. The van der Waals surface area contributed by atoms with Gasteiger partial charge in [-0.25, -0.2) is 0 Å². The zero-order valence-corrected chi connectivity index (χ0v) is 12.7. The Morgan fingerprint density at radius 3 is 2.60 bits per heavy atom. The van der Waals surface area contributed by atoms with Crippen LogP contribution in [0.2, 0.25) is 0 Å². The van der Waals surface area contributed by atoms with Gasteiger partial charge >= 0.3 is 0 Å². The number of H-pyrrole nitrogens is 1. The maximum atomic E-state index is 12.5. The van der Waals surface area contributed by atoms with Gasteiger partial charge in [-0.2, -0.15) is 0 Å². The second-order valence-corrected chi connectivity index (χ2v) is 5.50. The van der Waals surface area contributed by atoms with E-state index in [1.54, 1.807) is 4.90 Å². The van der Waals surface area contributed by atoms with Crippen molar-refractivity contribution in [3.05, 3.63) is 47.2 Å². The standard InChI is InChI=1S/C17H22N2O/c1-6-19(10-11(2)3)17(20)16-9-14-13(5)7-12(4)8-15(14)18-16/h7-9,18H,2,6,10H2,1,3-5H3. The first-order chi connectivity index (χ1) is 9.42. The molecule has 1 heterocycles. The minimum atomic E-state index is 0.0313. The van der Waals surface area contributed by atoms with Crippen molar-refractivity contribution in [2.75, 3.05) is 13.1 Å². The quantitative estimate of drug-likeness (QED) is 0.842. The van der Waals surface area contributed by atoms with Gasteiger partial charge in [-0.05, 0) is 51.0 Å². The number of rotatable bonds is 4. The minimum absolute atomic E-state index is 0.0313. The van der Waals surface area contributed by atoms with E-state index in [0.29, 0.717) is 18.8 Å². The first kappa shape index (κ1) is 14.4. The highest BCUT2D eigenvalue weighted by Crippen LogP contribution is 2.22. The molecule has 1 amide bonds. The number of hydrogen-bond donors (Lipinski definition) is 1. The van der Waals surface area contributed by atoms with E-state index in [1.165, 1.54) is 11.1 Å². The number of aromatic nitrogens is 1. The number of hydrogen-bond acceptors (Lipinski definition) is 1. The van der Waals surface area contributed by atoms with Gasteiger partial charge in [-0.1, -0.05) is 18.2 Å². The Morgan fingerprint density at radius 1 is 1.30 bits per heavy atom. The van der Waals surface area contributed by atoms with Crippen LogP contribution in [0.25, 0.3) is 10.9 Å². The molecule has 1 N–H and O–H groups in total. The highest BCUT2D eigenvalue weighted by atomic mass is 16.2. The lowest BCUT2D eigenvalue weighted by atomic mass is 10.1. The zero-order chi connectivity index (χ0) is 14.9. The molecule has 1 aromatic heterocycles. The number of aryl methyl sites for hydroxylation is 2. The van der Waals surface area contributed by atoms with Crippen molar-refractivity contribution in [3.63, 3.8) is 0 Å². The van der Waals surface area contributed by atoms with Crippen LogP contribution in [-0.2, 0) is 0 Å². The second-order valence-electron chi connectivity index (χ2n) is 5.50. The van der Waals surface area contributed by atoms with Crippen LogP contribution in [0.4, 0.5) is 0 Å². The van der Waals surface area contributed by atoms with Gasteiger partial charge in [0.25, 0.3) is 5.91 Å². The lowest BCUT2D eigenvalue weighted by Gasteiger charge is -2.20. The summed E-state index contributed by atoms with van der Waals surface area (Å²) in [7, 11) is 0. The first-order valence-electron chi connectivity index (χ1n) is 6.96. The molecule has 0 aliphatic carbocycles. The van der Waals surface area contributed by atoms with Crippen LogP contribution in [0, 0.1) is 13.8 Å². The lowest BCUT2D eigenvalue weighted by molar-refractivity contribution is 0.0773. The fourth-order valence-corrected chi connectivity index (χ4v) is 2.54. The third-order valence-corrected chi connectivity index (χ3v) is 3.45. The van der Waals surface area contributed by atoms with E-state index in [0.717, 1.165) is 16.5 Å². The molecular formula is C17H22N2O.